The summed E-state index contributed by atoms with van der Waals surface area (Å²) in [4.78, 5) is 47.7. The SMILES string of the molecule is CC1CCN(C(=O)CN2CN(c3ccccc3)C3(CCN(C(=O)c4ccc(Cl)cc4Cl)CC3)C2=O)CC1. The Kier molecular flexibility index (Phi) is 7.37. The van der Waals surface area contributed by atoms with Crippen molar-refractivity contribution >= 4 is 46.6 Å². The van der Waals surface area contributed by atoms with E-state index in [0.717, 1.165) is 31.6 Å². The van der Waals surface area contributed by atoms with Gasteiger partial charge in [-0.05, 0) is 61.9 Å². The van der Waals surface area contributed by atoms with Gasteiger partial charge in [0.25, 0.3) is 11.8 Å². The number of piperidine rings is 2. The Balaban J connectivity index is 1.34. The minimum absolute atomic E-state index is 0.00954. The van der Waals surface area contributed by atoms with E-state index in [1.54, 1.807) is 28.0 Å². The van der Waals surface area contributed by atoms with Crippen molar-refractivity contribution in [2.24, 2.45) is 5.92 Å². The summed E-state index contributed by atoms with van der Waals surface area (Å²) in [5, 5.41) is 0.792. The van der Waals surface area contributed by atoms with Gasteiger partial charge >= 0.3 is 0 Å². The summed E-state index contributed by atoms with van der Waals surface area (Å²) in [5.74, 6) is 0.437. The third-order valence-electron chi connectivity index (χ3n) is 8.08. The molecule has 5 rings (SSSR count). The lowest BCUT2D eigenvalue weighted by atomic mass is 9.85. The van der Waals surface area contributed by atoms with Gasteiger partial charge in [0.2, 0.25) is 5.91 Å². The van der Waals surface area contributed by atoms with Gasteiger partial charge in [0, 0.05) is 36.9 Å². The Morgan fingerprint density at radius 1 is 0.946 bits per heavy atom. The van der Waals surface area contributed by atoms with Crippen molar-refractivity contribution in [3.63, 3.8) is 0 Å². The summed E-state index contributed by atoms with van der Waals surface area (Å²) in [7, 11) is 0. The lowest BCUT2D eigenvalue weighted by Crippen LogP contribution is -2.57. The van der Waals surface area contributed by atoms with Crippen molar-refractivity contribution in [2.45, 2.75) is 38.1 Å². The van der Waals surface area contributed by atoms with Crippen LogP contribution in [0.25, 0.3) is 0 Å². The van der Waals surface area contributed by atoms with Crippen molar-refractivity contribution in [3.05, 3.63) is 64.1 Å². The average molecular weight is 543 g/mol. The number of nitrogens with zero attached hydrogens (tertiary/aromatic N) is 4. The van der Waals surface area contributed by atoms with Crippen LogP contribution in [0.1, 0.15) is 43.0 Å². The number of anilines is 1. The van der Waals surface area contributed by atoms with Gasteiger partial charge in [-0.3, -0.25) is 14.4 Å². The number of rotatable bonds is 4. The van der Waals surface area contributed by atoms with Gasteiger partial charge in [0.05, 0.1) is 17.3 Å². The van der Waals surface area contributed by atoms with E-state index in [-0.39, 0.29) is 24.3 Å². The van der Waals surface area contributed by atoms with E-state index in [4.69, 9.17) is 23.2 Å². The molecule has 0 saturated carbocycles. The lowest BCUT2D eigenvalue weighted by molar-refractivity contribution is -0.141. The first kappa shape index (κ1) is 25.9. The van der Waals surface area contributed by atoms with Crippen molar-refractivity contribution in [1.82, 2.24) is 14.7 Å². The maximum atomic E-state index is 13.9. The van der Waals surface area contributed by atoms with Gasteiger partial charge in [-0.1, -0.05) is 48.3 Å². The molecule has 0 N–H and O–H groups in total. The molecule has 7 nitrogen and oxygen atoms in total. The molecule has 3 heterocycles. The van der Waals surface area contributed by atoms with E-state index in [1.807, 2.05) is 35.2 Å². The molecule has 0 atom stereocenters. The molecule has 1 spiro atoms. The number of hydrogen-bond acceptors (Lipinski definition) is 4. The molecule has 196 valence electrons. The number of carbonyl (C=O) groups excluding carboxylic acids is 3. The third-order valence-corrected chi connectivity index (χ3v) is 8.63. The standard InChI is InChI=1S/C28H32Cl2N4O3/c1-20-9-13-31(14-10-20)25(35)18-33-19-34(22-5-3-2-4-6-22)28(27(33)37)11-15-32(16-12-28)26(36)23-8-7-21(29)17-24(23)30/h2-8,17,20H,9-16,18-19H2,1H3. The largest absolute Gasteiger partial charge is 0.341 e. The minimum atomic E-state index is -0.793. The zero-order chi connectivity index (χ0) is 26.2. The highest BCUT2D eigenvalue weighted by atomic mass is 35.5. The molecular formula is C28H32Cl2N4O3. The number of para-hydroxylation sites is 1. The van der Waals surface area contributed by atoms with E-state index in [9.17, 15) is 14.4 Å². The molecule has 2 aromatic rings. The maximum absolute atomic E-state index is 13.9. The van der Waals surface area contributed by atoms with Crippen molar-refractivity contribution in [1.29, 1.82) is 0 Å². The van der Waals surface area contributed by atoms with Crippen LogP contribution in [0.15, 0.2) is 48.5 Å². The number of carbonyl (C=O) groups is 3. The Morgan fingerprint density at radius 2 is 1.62 bits per heavy atom. The zero-order valence-electron chi connectivity index (χ0n) is 21.0. The first-order valence-electron chi connectivity index (χ1n) is 12.9. The van der Waals surface area contributed by atoms with Crippen LogP contribution in [0.5, 0.6) is 0 Å². The summed E-state index contributed by atoms with van der Waals surface area (Å²) >= 11 is 12.3. The van der Waals surface area contributed by atoms with Crippen LogP contribution >= 0.6 is 23.2 Å². The van der Waals surface area contributed by atoms with E-state index in [1.165, 1.54) is 0 Å². The number of halogens is 2. The molecule has 3 aliphatic rings. The van der Waals surface area contributed by atoms with Gasteiger partial charge in [-0.15, -0.1) is 0 Å². The van der Waals surface area contributed by atoms with Gasteiger partial charge < -0.3 is 19.6 Å². The lowest BCUT2D eigenvalue weighted by Gasteiger charge is -2.43. The second-order valence-electron chi connectivity index (χ2n) is 10.4. The summed E-state index contributed by atoms with van der Waals surface area (Å²) in [5.41, 5.74) is 0.555. The molecule has 2 aromatic carbocycles. The molecule has 3 fully saturated rings. The molecule has 9 heteroatoms. The molecule has 0 aromatic heterocycles. The van der Waals surface area contributed by atoms with Crippen LogP contribution in [0.2, 0.25) is 10.0 Å². The fourth-order valence-electron chi connectivity index (χ4n) is 5.76. The van der Waals surface area contributed by atoms with Crippen molar-refractivity contribution < 1.29 is 14.4 Å². The highest BCUT2D eigenvalue weighted by molar-refractivity contribution is 6.36. The fourth-order valence-corrected chi connectivity index (χ4v) is 6.25. The summed E-state index contributed by atoms with van der Waals surface area (Å²) < 4.78 is 0. The second-order valence-corrected chi connectivity index (χ2v) is 11.3. The monoisotopic (exact) mass is 542 g/mol. The summed E-state index contributed by atoms with van der Waals surface area (Å²) in [6, 6.07) is 14.7. The van der Waals surface area contributed by atoms with Crippen LogP contribution in [0, 0.1) is 5.92 Å². The van der Waals surface area contributed by atoms with Gasteiger partial charge in [-0.2, -0.15) is 0 Å². The number of amides is 3. The summed E-state index contributed by atoms with van der Waals surface area (Å²) in [6.07, 6.45) is 2.95. The van der Waals surface area contributed by atoms with Gasteiger partial charge in [-0.25, -0.2) is 0 Å². The molecule has 3 aliphatic heterocycles. The third kappa shape index (κ3) is 5.04. The first-order chi connectivity index (χ1) is 17.8. The Morgan fingerprint density at radius 3 is 2.27 bits per heavy atom. The quantitative estimate of drug-likeness (QED) is 0.569. The van der Waals surface area contributed by atoms with Crippen LogP contribution in [0.3, 0.4) is 0 Å². The van der Waals surface area contributed by atoms with Crippen LogP contribution in [0.4, 0.5) is 5.69 Å². The normalized spacial score (nSPS) is 20.1. The van der Waals surface area contributed by atoms with E-state index >= 15 is 0 Å². The van der Waals surface area contributed by atoms with Gasteiger partial charge in [0.15, 0.2) is 0 Å². The zero-order valence-corrected chi connectivity index (χ0v) is 22.5. The first-order valence-corrected chi connectivity index (χ1v) is 13.7. The Labute approximate surface area is 227 Å². The van der Waals surface area contributed by atoms with Crippen molar-refractivity contribution in [3.8, 4) is 0 Å². The Bertz CT molecular complexity index is 1180. The maximum Gasteiger partial charge on any atom is 0.255 e. The van der Waals surface area contributed by atoms with E-state index < -0.39 is 5.54 Å². The van der Waals surface area contributed by atoms with E-state index in [2.05, 4.69) is 11.8 Å². The smallest absolute Gasteiger partial charge is 0.255 e. The number of hydrogen-bond donors (Lipinski definition) is 0. The molecule has 0 radical (unpaired) electrons. The predicted molar refractivity (Wildman–Crippen MR) is 145 cm³/mol. The average Bonchev–Trinajstić information content (AvgIpc) is 3.16. The Hall–Kier alpha value is -2.77. The number of likely N-dealkylation sites (tertiary alicyclic amines) is 2. The molecule has 0 unspecified atom stereocenters. The predicted octanol–water partition coefficient (Wildman–Crippen LogP) is 4.53. The topological polar surface area (TPSA) is 64.2 Å². The molecule has 3 saturated heterocycles. The molecular weight excluding hydrogens is 511 g/mol. The van der Waals surface area contributed by atoms with E-state index in [0.29, 0.717) is 54.1 Å². The minimum Gasteiger partial charge on any atom is -0.341 e. The van der Waals surface area contributed by atoms with Crippen LogP contribution in [-0.2, 0) is 9.59 Å². The van der Waals surface area contributed by atoms with Crippen LogP contribution in [-0.4, -0.2) is 77.4 Å². The fraction of sp³-hybridized carbons (Fsp3) is 0.464. The molecule has 0 aliphatic carbocycles. The highest BCUT2D eigenvalue weighted by Crippen LogP contribution is 2.40. The highest BCUT2D eigenvalue weighted by Gasteiger charge is 2.54. The van der Waals surface area contributed by atoms with Gasteiger partial charge in [0.1, 0.15) is 12.1 Å². The van der Waals surface area contributed by atoms with Crippen LogP contribution < -0.4 is 4.90 Å². The number of benzene rings is 2. The summed E-state index contributed by atoms with van der Waals surface area (Å²) in [6.45, 7) is 4.99. The van der Waals surface area contributed by atoms with Crippen molar-refractivity contribution in [2.75, 3.05) is 44.3 Å². The second kappa shape index (κ2) is 10.5. The molecule has 0 bridgehead atoms. The molecule has 37 heavy (non-hydrogen) atoms. The molecule has 3 amide bonds.